The topological polar surface area (TPSA) is 73.9 Å². The largest absolute Gasteiger partial charge is 0.368 e. The average Bonchev–Trinajstić information content (AvgIpc) is 3.12. The number of nitrogens with one attached hydrogen (secondary N) is 2. The number of anilines is 1. The van der Waals surface area contributed by atoms with Gasteiger partial charge >= 0.3 is 0 Å². The summed E-state index contributed by atoms with van der Waals surface area (Å²) in [6.07, 6.45) is 10.8. The van der Waals surface area contributed by atoms with Gasteiger partial charge in [0.2, 0.25) is 5.91 Å². The van der Waals surface area contributed by atoms with E-state index in [9.17, 15) is 4.79 Å². The molecular formula is C20H21N5O. The lowest BCUT2D eigenvalue weighted by Gasteiger charge is -2.34. The molecule has 0 bridgehead atoms. The van der Waals surface area contributed by atoms with Crippen LogP contribution in [0.25, 0.3) is 22.2 Å². The number of aromatic amines is 1. The van der Waals surface area contributed by atoms with Gasteiger partial charge in [-0.1, -0.05) is 6.58 Å². The number of hydrogen-bond acceptors (Lipinski definition) is 4. The van der Waals surface area contributed by atoms with Crippen molar-refractivity contribution in [3.05, 3.63) is 55.6 Å². The Morgan fingerprint density at radius 1 is 1.38 bits per heavy atom. The molecule has 1 aliphatic heterocycles. The number of rotatable bonds is 4. The molecule has 132 valence electrons. The number of carbonyl (C=O) groups excluding carboxylic acids is 1. The van der Waals surface area contributed by atoms with Crippen LogP contribution in [0.5, 0.6) is 0 Å². The van der Waals surface area contributed by atoms with Gasteiger partial charge in [0.05, 0.1) is 11.9 Å². The molecule has 1 amide bonds. The summed E-state index contributed by atoms with van der Waals surface area (Å²) in [6, 6.07) is 6.30. The summed E-state index contributed by atoms with van der Waals surface area (Å²) in [5.74, 6) is -0.115. The summed E-state index contributed by atoms with van der Waals surface area (Å²) < 4.78 is 0. The highest BCUT2D eigenvalue weighted by atomic mass is 16.1. The molecule has 0 saturated carbocycles. The van der Waals surface area contributed by atoms with Crippen LogP contribution < -0.4 is 10.2 Å². The van der Waals surface area contributed by atoms with Gasteiger partial charge in [-0.15, -0.1) is 0 Å². The van der Waals surface area contributed by atoms with E-state index in [-0.39, 0.29) is 11.9 Å². The summed E-state index contributed by atoms with van der Waals surface area (Å²) in [5.41, 5.74) is 4.17. The number of carbonyl (C=O) groups is 1. The molecule has 0 spiro atoms. The van der Waals surface area contributed by atoms with E-state index in [4.69, 9.17) is 0 Å². The molecule has 1 atom stereocenters. The SMILES string of the molecule is C=CC(=O)N[C@@H]1CCCN(c2cnc3[nH]cc(-c4ccncc4)c3c2)C1. The molecular weight excluding hydrogens is 326 g/mol. The normalized spacial score (nSPS) is 17.2. The van der Waals surface area contributed by atoms with E-state index in [1.54, 1.807) is 12.4 Å². The number of fused-ring (bicyclic) bond motifs is 1. The zero-order valence-electron chi connectivity index (χ0n) is 14.5. The van der Waals surface area contributed by atoms with E-state index >= 15 is 0 Å². The van der Waals surface area contributed by atoms with Crippen molar-refractivity contribution in [1.29, 1.82) is 0 Å². The van der Waals surface area contributed by atoms with E-state index in [2.05, 4.69) is 37.8 Å². The first-order valence-electron chi connectivity index (χ1n) is 8.80. The van der Waals surface area contributed by atoms with Crippen LogP contribution in [0.3, 0.4) is 0 Å². The third kappa shape index (κ3) is 3.18. The van der Waals surface area contributed by atoms with Crippen molar-refractivity contribution in [3.8, 4) is 11.1 Å². The number of hydrogen-bond donors (Lipinski definition) is 2. The van der Waals surface area contributed by atoms with Crippen LogP contribution in [0.4, 0.5) is 5.69 Å². The molecule has 1 aliphatic rings. The minimum atomic E-state index is -0.115. The van der Waals surface area contributed by atoms with Crippen LogP contribution in [0.2, 0.25) is 0 Å². The predicted molar refractivity (Wildman–Crippen MR) is 103 cm³/mol. The third-order valence-electron chi connectivity index (χ3n) is 4.83. The zero-order chi connectivity index (χ0) is 17.9. The second kappa shape index (κ2) is 7.00. The van der Waals surface area contributed by atoms with E-state index in [1.165, 1.54) is 6.08 Å². The minimum absolute atomic E-state index is 0.115. The maximum atomic E-state index is 11.6. The molecule has 0 aliphatic carbocycles. The average molecular weight is 347 g/mol. The summed E-state index contributed by atoms with van der Waals surface area (Å²) >= 11 is 0. The van der Waals surface area contributed by atoms with E-state index < -0.39 is 0 Å². The first-order valence-corrected chi connectivity index (χ1v) is 8.80. The first-order chi connectivity index (χ1) is 12.7. The second-order valence-electron chi connectivity index (χ2n) is 6.53. The molecule has 6 nitrogen and oxygen atoms in total. The van der Waals surface area contributed by atoms with Gasteiger partial charge in [0, 0.05) is 48.7 Å². The molecule has 2 N–H and O–H groups in total. The Kier molecular flexibility index (Phi) is 4.39. The fourth-order valence-corrected chi connectivity index (χ4v) is 3.53. The van der Waals surface area contributed by atoms with Crippen molar-refractivity contribution in [2.75, 3.05) is 18.0 Å². The molecule has 3 aromatic rings. The molecule has 4 rings (SSSR count). The van der Waals surface area contributed by atoms with Gasteiger partial charge in [-0.25, -0.2) is 4.98 Å². The van der Waals surface area contributed by atoms with Crippen molar-refractivity contribution >= 4 is 22.6 Å². The van der Waals surface area contributed by atoms with Crippen molar-refractivity contribution in [2.24, 2.45) is 0 Å². The first kappa shape index (κ1) is 16.3. The highest BCUT2D eigenvalue weighted by Gasteiger charge is 2.22. The number of aromatic nitrogens is 3. The Balaban J connectivity index is 1.62. The molecule has 26 heavy (non-hydrogen) atoms. The highest BCUT2D eigenvalue weighted by molar-refractivity contribution is 5.95. The summed E-state index contributed by atoms with van der Waals surface area (Å²) in [5, 5.41) is 4.09. The number of nitrogens with zero attached hydrogens (tertiary/aromatic N) is 3. The second-order valence-corrected chi connectivity index (χ2v) is 6.53. The Bertz CT molecular complexity index is 934. The van der Waals surface area contributed by atoms with Crippen molar-refractivity contribution in [3.63, 3.8) is 0 Å². The van der Waals surface area contributed by atoms with Gasteiger partial charge in [-0.2, -0.15) is 0 Å². The molecule has 3 aromatic heterocycles. The number of amides is 1. The van der Waals surface area contributed by atoms with Crippen LogP contribution >= 0.6 is 0 Å². The summed E-state index contributed by atoms with van der Waals surface area (Å²) in [7, 11) is 0. The van der Waals surface area contributed by atoms with Crippen LogP contribution in [0.1, 0.15) is 12.8 Å². The standard InChI is InChI=1S/C20H21N5O/c1-2-19(26)24-15-4-3-9-25(13-15)16-10-17-18(12-23-20(17)22-11-16)14-5-7-21-8-6-14/h2,5-8,10-12,15H,1,3-4,9,13H2,(H,22,23)(H,24,26)/t15-/m1/s1. The smallest absolute Gasteiger partial charge is 0.243 e. The van der Waals surface area contributed by atoms with Crippen LogP contribution in [0, 0.1) is 0 Å². The van der Waals surface area contributed by atoms with Gasteiger partial charge in [0.15, 0.2) is 0 Å². The summed E-state index contributed by atoms with van der Waals surface area (Å²) in [4.78, 5) is 25.8. The fourth-order valence-electron chi connectivity index (χ4n) is 3.53. The van der Waals surface area contributed by atoms with E-state index in [1.807, 2.05) is 24.5 Å². The Labute approximate surface area is 152 Å². The summed E-state index contributed by atoms with van der Waals surface area (Å²) in [6.45, 7) is 5.27. The number of pyridine rings is 2. The van der Waals surface area contributed by atoms with Crippen molar-refractivity contribution < 1.29 is 4.79 Å². The van der Waals surface area contributed by atoms with Crippen LogP contribution in [0.15, 0.2) is 55.6 Å². The van der Waals surface area contributed by atoms with Gasteiger partial charge in [0.25, 0.3) is 0 Å². The molecule has 4 heterocycles. The van der Waals surface area contributed by atoms with Crippen LogP contribution in [-0.4, -0.2) is 40.0 Å². The van der Waals surface area contributed by atoms with E-state index in [0.29, 0.717) is 0 Å². The lowest BCUT2D eigenvalue weighted by Crippen LogP contribution is -2.47. The number of H-pyrrole nitrogens is 1. The van der Waals surface area contributed by atoms with Crippen LogP contribution in [-0.2, 0) is 4.79 Å². The monoisotopic (exact) mass is 347 g/mol. The Morgan fingerprint density at radius 2 is 2.23 bits per heavy atom. The molecule has 1 saturated heterocycles. The molecule has 0 radical (unpaired) electrons. The highest BCUT2D eigenvalue weighted by Crippen LogP contribution is 2.30. The Morgan fingerprint density at radius 3 is 3.04 bits per heavy atom. The molecule has 1 fully saturated rings. The van der Waals surface area contributed by atoms with Gasteiger partial charge in [-0.3, -0.25) is 9.78 Å². The van der Waals surface area contributed by atoms with Gasteiger partial charge in [0.1, 0.15) is 5.65 Å². The van der Waals surface area contributed by atoms with Gasteiger partial charge < -0.3 is 15.2 Å². The predicted octanol–water partition coefficient (Wildman–Crippen LogP) is 2.90. The fraction of sp³-hybridized carbons (Fsp3) is 0.250. The molecule has 6 heteroatoms. The van der Waals surface area contributed by atoms with Gasteiger partial charge in [-0.05, 0) is 42.7 Å². The molecule has 0 aromatic carbocycles. The maximum absolute atomic E-state index is 11.6. The number of piperidine rings is 1. The quantitative estimate of drug-likeness (QED) is 0.712. The lowest BCUT2D eigenvalue weighted by molar-refractivity contribution is -0.117. The zero-order valence-corrected chi connectivity index (χ0v) is 14.5. The Hall–Kier alpha value is -3.15. The van der Waals surface area contributed by atoms with E-state index in [0.717, 1.165) is 53.8 Å². The maximum Gasteiger partial charge on any atom is 0.243 e. The third-order valence-corrected chi connectivity index (χ3v) is 4.83. The van der Waals surface area contributed by atoms with Crippen molar-refractivity contribution in [2.45, 2.75) is 18.9 Å². The minimum Gasteiger partial charge on any atom is -0.368 e. The lowest BCUT2D eigenvalue weighted by atomic mass is 10.0. The molecule has 0 unspecified atom stereocenters. The van der Waals surface area contributed by atoms with Crippen molar-refractivity contribution in [1.82, 2.24) is 20.3 Å².